The van der Waals surface area contributed by atoms with Crippen LogP contribution in [0.25, 0.3) is 0 Å². The Morgan fingerprint density at radius 3 is 2.50 bits per heavy atom. The van der Waals surface area contributed by atoms with Crippen molar-refractivity contribution in [3.8, 4) is 5.75 Å². The molecule has 0 radical (unpaired) electrons. The summed E-state index contributed by atoms with van der Waals surface area (Å²) in [6.07, 6.45) is 1.71. The fraction of sp³-hybridized carbons (Fsp3) is 0.727. The predicted molar refractivity (Wildman–Crippen MR) is 62.6 cm³/mol. The fourth-order valence-corrected chi connectivity index (χ4v) is 1.84. The number of nitrogens with one attached hydrogen (secondary N) is 1. The van der Waals surface area contributed by atoms with Crippen LogP contribution in [0.4, 0.5) is 0 Å². The van der Waals surface area contributed by atoms with Crippen LogP contribution in [0.2, 0.25) is 0 Å². The molecule has 92 valence electrons. The highest BCUT2D eigenvalue weighted by Crippen LogP contribution is 2.33. The van der Waals surface area contributed by atoms with E-state index >= 15 is 0 Å². The molecule has 1 heterocycles. The third kappa shape index (κ3) is 2.20. The summed E-state index contributed by atoms with van der Waals surface area (Å²) < 4.78 is 12.6. The van der Waals surface area contributed by atoms with Crippen LogP contribution >= 0.6 is 0 Å². The second-order valence-electron chi connectivity index (χ2n) is 4.25. The molecule has 16 heavy (non-hydrogen) atoms. The number of methoxy groups -OCH3 is 2. The Labute approximate surface area is 96.7 Å². The molecule has 1 N–H and O–H groups in total. The largest absolute Gasteiger partial charge is 0.493 e. The topological polar surface area (TPSA) is 48.3 Å². The van der Waals surface area contributed by atoms with Gasteiger partial charge in [-0.05, 0) is 20.9 Å². The van der Waals surface area contributed by atoms with Gasteiger partial charge in [-0.25, -0.2) is 0 Å². The van der Waals surface area contributed by atoms with E-state index in [0.717, 1.165) is 11.4 Å². The van der Waals surface area contributed by atoms with Gasteiger partial charge in [0.25, 0.3) is 0 Å². The minimum Gasteiger partial charge on any atom is -0.493 e. The molecule has 1 aromatic rings. The van der Waals surface area contributed by atoms with Crippen LogP contribution in [0.1, 0.15) is 25.6 Å². The maximum absolute atomic E-state index is 5.51. The first-order valence-electron chi connectivity index (χ1n) is 5.26. The van der Waals surface area contributed by atoms with Gasteiger partial charge in [0.2, 0.25) is 0 Å². The Morgan fingerprint density at radius 1 is 1.44 bits per heavy atom. The number of likely N-dealkylation sites (N-methyl/N-ethyl adjacent to an activating group) is 1. The molecule has 0 aliphatic rings. The Morgan fingerprint density at radius 2 is 2.06 bits per heavy atom. The van der Waals surface area contributed by atoms with Crippen molar-refractivity contribution in [2.75, 3.05) is 21.3 Å². The monoisotopic (exact) mass is 227 g/mol. The Balaban J connectivity index is 3.17. The summed E-state index contributed by atoms with van der Waals surface area (Å²) in [5.41, 5.74) is 0.646. The van der Waals surface area contributed by atoms with Crippen molar-refractivity contribution < 1.29 is 9.47 Å². The zero-order valence-corrected chi connectivity index (χ0v) is 10.9. The highest BCUT2D eigenvalue weighted by molar-refractivity contribution is 5.30. The van der Waals surface area contributed by atoms with E-state index in [1.54, 1.807) is 25.1 Å². The minimum absolute atomic E-state index is 0.0138. The molecule has 5 heteroatoms. The van der Waals surface area contributed by atoms with E-state index < -0.39 is 0 Å². The van der Waals surface area contributed by atoms with Gasteiger partial charge in [-0.3, -0.25) is 4.68 Å². The lowest BCUT2D eigenvalue weighted by atomic mass is 9.95. The zero-order chi connectivity index (χ0) is 12.3. The van der Waals surface area contributed by atoms with Crippen LogP contribution in [0.15, 0.2) is 6.20 Å². The Bertz CT molecular complexity index is 347. The van der Waals surface area contributed by atoms with Gasteiger partial charge in [0.1, 0.15) is 0 Å². The summed E-state index contributed by atoms with van der Waals surface area (Å²) in [7, 11) is 7.14. The molecule has 0 aromatic carbocycles. The van der Waals surface area contributed by atoms with E-state index in [4.69, 9.17) is 9.47 Å². The molecule has 0 aliphatic carbocycles. The van der Waals surface area contributed by atoms with Crippen LogP contribution in [0.5, 0.6) is 5.75 Å². The van der Waals surface area contributed by atoms with Gasteiger partial charge in [-0.15, -0.1) is 0 Å². The molecule has 0 spiro atoms. The first-order chi connectivity index (χ1) is 7.47. The molecule has 0 saturated carbocycles. The first-order valence-corrected chi connectivity index (χ1v) is 5.26. The number of hydrogen-bond acceptors (Lipinski definition) is 4. The Kier molecular flexibility index (Phi) is 3.93. The molecule has 1 atom stereocenters. The van der Waals surface area contributed by atoms with Gasteiger partial charge in [-0.1, -0.05) is 0 Å². The number of aromatic nitrogens is 2. The smallest absolute Gasteiger partial charge is 0.161 e. The van der Waals surface area contributed by atoms with Gasteiger partial charge >= 0.3 is 0 Å². The van der Waals surface area contributed by atoms with Crippen LogP contribution in [-0.4, -0.2) is 36.6 Å². The number of nitrogens with zero attached hydrogens (tertiary/aromatic N) is 2. The number of hydrogen-bond donors (Lipinski definition) is 1. The van der Waals surface area contributed by atoms with Crippen LogP contribution in [-0.2, 0) is 11.8 Å². The maximum atomic E-state index is 5.51. The average Bonchev–Trinajstić information content (AvgIpc) is 2.61. The second kappa shape index (κ2) is 4.84. The third-order valence-electron chi connectivity index (χ3n) is 2.95. The summed E-state index contributed by atoms with van der Waals surface area (Å²) in [6, 6.07) is 0.0138. The van der Waals surface area contributed by atoms with Crippen molar-refractivity contribution in [3.05, 3.63) is 11.9 Å². The quantitative estimate of drug-likeness (QED) is 0.818. The molecule has 1 aromatic heterocycles. The minimum atomic E-state index is -0.337. The molecular formula is C11H21N3O2. The van der Waals surface area contributed by atoms with Gasteiger partial charge in [0.15, 0.2) is 5.75 Å². The number of rotatable bonds is 5. The van der Waals surface area contributed by atoms with Crippen molar-refractivity contribution in [2.45, 2.75) is 25.5 Å². The number of ether oxygens (including phenoxy) is 2. The van der Waals surface area contributed by atoms with E-state index in [1.807, 2.05) is 27.9 Å². The molecule has 5 nitrogen and oxygen atoms in total. The lowest BCUT2D eigenvalue weighted by Gasteiger charge is -2.33. The molecule has 1 unspecified atom stereocenters. The van der Waals surface area contributed by atoms with E-state index in [1.165, 1.54) is 0 Å². The standard InChI is InChI=1S/C11H21N3O2/c1-11(2,16-6)10(12-3)9-8(15-5)7-13-14(9)4/h7,10,12H,1-6H3. The molecule has 0 aliphatic heterocycles. The van der Waals surface area contributed by atoms with Crippen LogP contribution in [0, 0.1) is 0 Å². The SMILES string of the molecule is CNC(c1c(OC)cnn1C)C(C)(C)OC. The first kappa shape index (κ1) is 13.0. The molecule has 1 rings (SSSR count). The Hall–Kier alpha value is -1.07. The zero-order valence-electron chi connectivity index (χ0n) is 10.9. The molecule has 0 amide bonds. The molecular weight excluding hydrogens is 206 g/mol. The van der Waals surface area contributed by atoms with Crippen LogP contribution < -0.4 is 10.1 Å². The van der Waals surface area contributed by atoms with E-state index in [-0.39, 0.29) is 11.6 Å². The summed E-state index contributed by atoms with van der Waals surface area (Å²) in [4.78, 5) is 0. The van der Waals surface area contributed by atoms with Crippen molar-refractivity contribution >= 4 is 0 Å². The van der Waals surface area contributed by atoms with Gasteiger partial charge < -0.3 is 14.8 Å². The van der Waals surface area contributed by atoms with Gasteiger partial charge in [0.05, 0.1) is 30.6 Å². The van der Waals surface area contributed by atoms with E-state index in [2.05, 4.69) is 10.4 Å². The van der Waals surface area contributed by atoms with E-state index in [0.29, 0.717) is 0 Å². The predicted octanol–water partition coefficient (Wildman–Crippen LogP) is 1.11. The van der Waals surface area contributed by atoms with Crippen molar-refractivity contribution in [2.24, 2.45) is 7.05 Å². The van der Waals surface area contributed by atoms with Crippen LogP contribution in [0.3, 0.4) is 0 Å². The molecule has 0 fully saturated rings. The highest BCUT2D eigenvalue weighted by atomic mass is 16.5. The van der Waals surface area contributed by atoms with Gasteiger partial charge in [0, 0.05) is 14.2 Å². The van der Waals surface area contributed by atoms with E-state index in [9.17, 15) is 0 Å². The summed E-state index contributed by atoms with van der Waals surface area (Å²) >= 11 is 0. The lowest BCUT2D eigenvalue weighted by molar-refractivity contribution is -0.0117. The third-order valence-corrected chi connectivity index (χ3v) is 2.95. The lowest BCUT2D eigenvalue weighted by Crippen LogP contribution is -2.40. The maximum Gasteiger partial charge on any atom is 0.161 e. The fourth-order valence-electron chi connectivity index (χ4n) is 1.84. The summed E-state index contributed by atoms with van der Waals surface area (Å²) in [5, 5.41) is 7.45. The molecule has 0 bridgehead atoms. The van der Waals surface area contributed by atoms with Gasteiger partial charge in [-0.2, -0.15) is 5.10 Å². The summed E-state index contributed by atoms with van der Waals surface area (Å²) in [6.45, 7) is 4.06. The van der Waals surface area contributed by atoms with Crippen molar-refractivity contribution in [3.63, 3.8) is 0 Å². The average molecular weight is 227 g/mol. The normalized spacial score (nSPS) is 13.9. The second-order valence-corrected chi connectivity index (χ2v) is 4.25. The summed E-state index contributed by atoms with van der Waals surface area (Å²) in [5.74, 6) is 0.770. The number of aryl methyl sites for hydroxylation is 1. The highest BCUT2D eigenvalue weighted by Gasteiger charge is 2.34. The van der Waals surface area contributed by atoms with Crippen molar-refractivity contribution in [1.82, 2.24) is 15.1 Å². The molecule has 0 saturated heterocycles. The van der Waals surface area contributed by atoms with Crippen molar-refractivity contribution in [1.29, 1.82) is 0 Å².